The van der Waals surface area contributed by atoms with Crippen LogP contribution in [0.25, 0.3) is 0 Å². The third kappa shape index (κ3) is 6.75. The van der Waals surface area contributed by atoms with Crippen LogP contribution in [0.2, 0.25) is 10.0 Å². The summed E-state index contributed by atoms with van der Waals surface area (Å²) in [6.45, 7) is 4.84. The second-order valence-corrected chi connectivity index (χ2v) is 6.20. The second-order valence-electron chi connectivity index (χ2n) is 5.33. The number of hydrogen-bond donors (Lipinski definition) is 2. The van der Waals surface area contributed by atoms with E-state index in [4.69, 9.17) is 38.4 Å². The lowest BCUT2D eigenvalue weighted by atomic mass is 10.2. The predicted octanol–water partition coefficient (Wildman–Crippen LogP) is 4.06. The van der Waals surface area contributed by atoms with E-state index in [1.807, 2.05) is 13.8 Å². The fraction of sp³-hybridized carbons (Fsp3) is 0.211. The Morgan fingerprint density at radius 3 is 2.04 bits per heavy atom. The van der Waals surface area contributed by atoms with Gasteiger partial charge >= 0.3 is 0 Å². The number of halogens is 2. The third-order valence-corrected chi connectivity index (χ3v) is 3.76. The molecule has 0 saturated carbocycles. The summed E-state index contributed by atoms with van der Waals surface area (Å²) in [5.74, 6) is 1.32. The van der Waals surface area contributed by atoms with Crippen molar-refractivity contribution >= 4 is 41.6 Å². The lowest BCUT2D eigenvalue weighted by Gasteiger charge is -2.07. The monoisotopic (exact) mass is 421 g/mol. The SMILES string of the molecule is CCOc1ccc(Cl)cc1C=NN=C(N)NN=Cc1cc(Cl)ccc1OCC. The van der Waals surface area contributed by atoms with Crippen molar-refractivity contribution in [1.29, 1.82) is 0 Å². The van der Waals surface area contributed by atoms with Crippen molar-refractivity contribution in [1.82, 2.24) is 5.43 Å². The van der Waals surface area contributed by atoms with Crippen LogP contribution in [0.5, 0.6) is 11.5 Å². The first kappa shape index (κ1) is 21.5. The minimum Gasteiger partial charge on any atom is -0.493 e. The Labute approximate surface area is 173 Å². The van der Waals surface area contributed by atoms with Crippen LogP contribution in [0.4, 0.5) is 0 Å². The van der Waals surface area contributed by atoms with Gasteiger partial charge in [-0.25, -0.2) is 5.43 Å². The Morgan fingerprint density at radius 2 is 1.50 bits per heavy atom. The van der Waals surface area contributed by atoms with Crippen molar-refractivity contribution in [3.05, 3.63) is 57.6 Å². The first-order valence-electron chi connectivity index (χ1n) is 8.53. The summed E-state index contributed by atoms with van der Waals surface area (Å²) in [7, 11) is 0. The first-order valence-corrected chi connectivity index (χ1v) is 9.29. The molecule has 0 radical (unpaired) electrons. The number of nitrogens with one attached hydrogen (secondary N) is 1. The maximum Gasteiger partial charge on any atom is 0.234 e. The summed E-state index contributed by atoms with van der Waals surface area (Å²) >= 11 is 12.0. The highest BCUT2D eigenvalue weighted by atomic mass is 35.5. The Balaban J connectivity index is 2.04. The number of rotatable bonds is 8. The summed E-state index contributed by atoms with van der Waals surface area (Å²) in [6, 6.07) is 10.5. The van der Waals surface area contributed by atoms with Crippen LogP contribution in [0, 0.1) is 0 Å². The summed E-state index contributed by atoms with van der Waals surface area (Å²) in [5.41, 5.74) is 9.73. The van der Waals surface area contributed by atoms with Crippen molar-refractivity contribution < 1.29 is 9.47 Å². The van der Waals surface area contributed by atoms with E-state index in [1.165, 1.54) is 12.4 Å². The van der Waals surface area contributed by atoms with E-state index in [2.05, 4.69) is 20.7 Å². The molecule has 2 aromatic carbocycles. The molecule has 7 nitrogen and oxygen atoms in total. The largest absolute Gasteiger partial charge is 0.493 e. The molecule has 0 heterocycles. The van der Waals surface area contributed by atoms with Gasteiger partial charge in [-0.1, -0.05) is 23.2 Å². The Kier molecular flexibility index (Phi) is 8.58. The highest BCUT2D eigenvalue weighted by Gasteiger charge is 2.03. The fourth-order valence-electron chi connectivity index (χ4n) is 2.16. The van der Waals surface area contributed by atoms with E-state index >= 15 is 0 Å². The molecule has 9 heteroatoms. The molecule has 2 aromatic rings. The van der Waals surface area contributed by atoms with Crippen molar-refractivity contribution in [2.24, 2.45) is 21.0 Å². The quantitative estimate of drug-likeness (QED) is 0.381. The van der Waals surface area contributed by atoms with Crippen LogP contribution in [0.3, 0.4) is 0 Å². The van der Waals surface area contributed by atoms with E-state index in [1.54, 1.807) is 36.4 Å². The highest BCUT2D eigenvalue weighted by Crippen LogP contribution is 2.22. The Morgan fingerprint density at radius 1 is 0.964 bits per heavy atom. The molecular formula is C19H21Cl2N5O2. The van der Waals surface area contributed by atoms with Crippen molar-refractivity contribution in [2.75, 3.05) is 13.2 Å². The van der Waals surface area contributed by atoms with Crippen molar-refractivity contribution in [2.45, 2.75) is 13.8 Å². The number of hydrazone groups is 1. The number of guanidine groups is 1. The molecule has 0 aliphatic rings. The molecule has 3 N–H and O–H groups in total. The van der Waals surface area contributed by atoms with Crippen LogP contribution in [0.1, 0.15) is 25.0 Å². The predicted molar refractivity (Wildman–Crippen MR) is 115 cm³/mol. The molecule has 0 amide bonds. The van der Waals surface area contributed by atoms with Gasteiger partial charge in [0.1, 0.15) is 11.5 Å². The van der Waals surface area contributed by atoms with E-state index in [9.17, 15) is 0 Å². The molecule has 0 aromatic heterocycles. The van der Waals surface area contributed by atoms with Gasteiger partial charge in [0.15, 0.2) is 0 Å². The molecule has 0 bridgehead atoms. The molecule has 0 unspecified atom stereocenters. The standard InChI is InChI=1S/C19H21Cl2N5O2/c1-3-27-17-7-5-15(20)9-13(17)11-23-25-19(22)26-24-12-14-10-16(21)6-8-18(14)28-4-2/h5-12H,3-4H2,1-2H3,(H3,22,25,26). The molecule has 148 valence electrons. The fourth-order valence-corrected chi connectivity index (χ4v) is 2.52. The lowest BCUT2D eigenvalue weighted by molar-refractivity contribution is 0.339. The molecule has 0 spiro atoms. The molecular weight excluding hydrogens is 401 g/mol. The minimum absolute atomic E-state index is 0.00692. The van der Waals surface area contributed by atoms with Crippen molar-refractivity contribution in [3.63, 3.8) is 0 Å². The number of nitrogens with two attached hydrogens (primary N) is 1. The first-order chi connectivity index (χ1) is 13.5. The van der Waals surface area contributed by atoms with Crippen LogP contribution in [-0.2, 0) is 0 Å². The van der Waals surface area contributed by atoms with Crippen molar-refractivity contribution in [3.8, 4) is 11.5 Å². The number of benzene rings is 2. The van der Waals surface area contributed by atoms with E-state index in [0.717, 1.165) is 0 Å². The number of nitrogens with zero attached hydrogens (tertiary/aromatic N) is 3. The molecule has 2 rings (SSSR count). The average Bonchev–Trinajstić information content (AvgIpc) is 2.66. The van der Waals surface area contributed by atoms with Gasteiger partial charge < -0.3 is 15.2 Å². The van der Waals surface area contributed by atoms with Gasteiger partial charge in [-0.05, 0) is 50.2 Å². The molecule has 0 fully saturated rings. The summed E-state index contributed by atoms with van der Waals surface area (Å²) in [6.07, 6.45) is 3.03. The topological polar surface area (TPSA) is 93.6 Å². The smallest absolute Gasteiger partial charge is 0.234 e. The van der Waals surface area contributed by atoms with Gasteiger partial charge in [-0.2, -0.15) is 10.2 Å². The third-order valence-electron chi connectivity index (χ3n) is 3.29. The summed E-state index contributed by atoms with van der Waals surface area (Å²) in [5, 5.41) is 12.9. The molecule has 28 heavy (non-hydrogen) atoms. The van der Waals surface area contributed by atoms with Gasteiger partial charge in [0.2, 0.25) is 5.96 Å². The van der Waals surface area contributed by atoms with Gasteiger partial charge in [-0.3, -0.25) is 0 Å². The molecule has 0 saturated heterocycles. The van der Waals surface area contributed by atoms with E-state index in [0.29, 0.717) is 45.9 Å². The van der Waals surface area contributed by atoms with Crippen LogP contribution < -0.4 is 20.6 Å². The Hall–Kier alpha value is -2.77. The number of hydrogen-bond acceptors (Lipinski definition) is 5. The maximum absolute atomic E-state index is 6.01. The van der Waals surface area contributed by atoms with Crippen LogP contribution >= 0.6 is 23.2 Å². The average molecular weight is 422 g/mol. The van der Waals surface area contributed by atoms with Crippen LogP contribution in [-0.4, -0.2) is 31.6 Å². The van der Waals surface area contributed by atoms with Gasteiger partial charge in [0, 0.05) is 21.2 Å². The van der Waals surface area contributed by atoms with Gasteiger partial charge in [0.25, 0.3) is 0 Å². The Bertz CT molecular complexity index is 885. The van der Waals surface area contributed by atoms with E-state index < -0.39 is 0 Å². The number of ether oxygens (including phenoxy) is 2. The highest BCUT2D eigenvalue weighted by molar-refractivity contribution is 6.31. The molecule has 0 aliphatic carbocycles. The van der Waals surface area contributed by atoms with E-state index in [-0.39, 0.29) is 5.96 Å². The van der Waals surface area contributed by atoms with Gasteiger partial charge in [-0.15, -0.1) is 5.10 Å². The lowest BCUT2D eigenvalue weighted by Crippen LogP contribution is -2.26. The molecule has 0 atom stereocenters. The zero-order chi connectivity index (χ0) is 20.4. The summed E-state index contributed by atoms with van der Waals surface area (Å²) in [4.78, 5) is 0. The zero-order valence-electron chi connectivity index (χ0n) is 15.5. The normalized spacial score (nSPS) is 11.9. The maximum atomic E-state index is 6.01. The van der Waals surface area contributed by atoms with Crippen LogP contribution in [0.15, 0.2) is 51.7 Å². The second kappa shape index (κ2) is 11.2. The zero-order valence-corrected chi connectivity index (χ0v) is 17.0. The minimum atomic E-state index is 0.00692. The van der Waals surface area contributed by atoms with Gasteiger partial charge in [0.05, 0.1) is 25.6 Å². The summed E-state index contributed by atoms with van der Waals surface area (Å²) < 4.78 is 11.0. The molecule has 0 aliphatic heterocycles.